The van der Waals surface area contributed by atoms with Crippen LogP contribution < -0.4 is 11.3 Å². The maximum atomic E-state index is 11.5. The predicted molar refractivity (Wildman–Crippen MR) is 68.4 cm³/mol. The van der Waals surface area contributed by atoms with Crippen LogP contribution in [0.15, 0.2) is 16.9 Å². The molecule has 0 saturated heterocycles. The second-order valence-electron chi connectivity index (χ2n) is 4.53. The van der Waals surface area contributed by atoms with Crippen LogP contribution in [0.3, 0.4) is 0 Å². The number of aromatic nitrogens is 2. The summed E-state index contributed by atoms with van der Waals surface area (Å²) in [5.41, 5.74) is 6.11. The van der Waals surface area contributed by atoms with E-state index in [0.29, 0.717) is 18.0 Å². The summed E-state index contributed by atoms with van der Waals surface area (Å²) in [5, 5.41) is 4.16. The summed E-state index contributed by atoms with van der Waals surface area (Å²) < 4.78 is 1.45. The zero-order valence-corrected chi connectivity index (χ0v) is 10.7. The Labute approximate surface area is 100 Å². The Morgan fingerprint density at radius 3 is 2.75 bits per heavy atom. The molecular formula is C11H17N3OS. The summed E-state index contributed by atoms with van der Waals surface area (Å²) in [6, 6.07) is 3.23. The topological polar surface area (TPSA) is 60.9 Å². The van der Waals surface area contributed by atoms with E-state index in [1.165, 1.54) is 10.7 Å². The second kappa shape index (κ2) is 4.74. The first kappa shape index (κ1) is 12.8. The second-order valence-corrected chi connectivity index (χ2v) is 4.97. The van der Waals surface area contributed by atoms with Crippen LogP contribution in [0, 0.1) is 12.3 Å². The molecule has 0 radical (unpaired) electrons. The van der Waals surface area contributed by atoms with Crippen LogP contribution in [-0.2, 0) is 6.54 Å². The van der Waals surface area contributed by atoms with Gasteiger partial charge in [0.15, 0.2) is 0 Å². The normalized spacial score (nSPS) is 11.4. The Kier molecular flexibility index (Phi) is 3.80. The van der Waals surface area contributed by atoms with Crippen molar-refractivity contribution < 1.29 is 0 Å². The van der Waals surface area contributed by atoms with Crippen LogP contribution in [0.25, 0.3) is 0 Å². The third-order valence-electron chi connectivity index (χ3n) is 2.62. The maximum absolute atomic E-state index is 11.5. The van der Waals surface area contributed by atoms with Crippen LogP contribution in [-0.4, -0.2) is 14.8 Å². The smallest absolute Gasteiger partial charge is 0.266 e. The van der Waals surface area contributed by atoms with Gasteiger partial charge >= 0.3 is 0 Å². The highest BCUT2D eigenvalue weighted by molar-refractivity contribution is 7.80. The summed E-state index contributed by atoms with van der Waals surface area (Å²) in [5.74, 6) is 0. The molecule has 88 valence electrons. The molecule has 0 spiro atoms. The van der Waals surface area contributed by atoms with Gasteiger partial charge in [-0.2, -0.15) is 5.10 Å². The third-order valence-corrected chi connectivity index (χ3v) is 3.17. The highest BCUT2D eigenvalue weighted by Crippen LogP contribution is 2.20. The quantitative estimate of drug-likeness (QED) is 0.803. The first-order valence-corrected chi connectivity index (χ1v) is 5.58. The molecule has 1 aromatic rings. The lowest BCUT2D eigenvalue weighted by Gasteiger charge is -2.22. The minimum absolute atomic E-state index is 0.0932. The van der Waals surface area contributed by atoms with Crippen molar-refractivity contribution in [2.75, 3.05) is 0 Å². The number of aryl methyl sites for hydroxylation is 2. The van der Waals surface area contributed by atoms with Crippen molar-refractivity contribution in [3.8, 4) is 0 Å². The van der Waals surface area contributed by atoms with Crippen LogP contribution in [0.4, 0.5) is 0 Å². The molecule has 0 bridgehead atoms. The summed E-state index contributed by atoms with van der Waals surface area (Å²) in [6.07, 6.45) is 0.707. The largest absolute Gasteiger partial charge is 0.393 e. The van der Waals surface area contributed by atoms with Crippen molar-refractivity contribution in [1.82, 2.24) is 9.78 Å². The fourth-order valence-electron chi connectivity index (χ4n) is 1.22. The average molecular weight is 239 g/mol. The first-order valence-electron chi connectivity index (χ1n) is 5.17. The number of hydrogen-bond acceptors (Lipinski definition) is 3. The van der Waals surface area contributed by atoms with Gasteiger partial charge in [-0.3, -0.25) is 4.79 Å². The number of rotatable bonds is 4. The Morgan fingerprint density at radius 1 is 1.56 bits per heavy atom. The molecule has 0 aliphatic carbocycles. The van der Waals surface area contributed by atoms with Crippen molar-refractivity contribution in [2.24, 2.45) is 11.1 Å². The number of nitrogens with zero attached hydrogens (tertiary/aromatic N) is 2. The van der Waals surface area contributed by atoms with E-state index < -0.39 is 0 Å². The van der Waals surface area contributed by atoms with Crippen molar-refractivity contribution in [1.29, 1.82) is 0 Å². The monoisotopic (exact) mass is 239 g/mol. The first-order chi connectivity index (χ1) is 7.33. The maximum Gasteiger partial charge on any atom is 0.266 e. The molecule has 0 aliphatic rings. The van der Waals surface area contributed by atoms with E-state index in [1.54, 1.807) is 6.07 Å². The standard InChI is InChI=1S/C11H17N3OS/c1-8-4-5-9(15)14(13-8)7-6-11(2,3)10(12)16/h4-5H,6-7H2,1-3H3,(H2,12,16). The fraction of sp³-hybridized carbons (Fsp3) is 0.545. The molecule has 0 amide bonds. The minimum Gasteiger partial charge on any atom is -0.393 e. The summed E-state index contributed by atoms with van der Waals surface area (Å²) in [4.78, 5) is 12.0. The highest BCUT2D eigenvalue weighted by atomic mass is 32.1. The Hall–Kier alpha value is -1.23. The van der Waals surface area contributed by atoms with Gasteiger partial charge in [-0.1, -0.05) is 26.1 Å². The lowest BCUT2D eigenvalue weighted by Crippen LogP contribution is -2.33. The molecule has 1 heterocycles. The van der Waals surface area contributed by atoms with Gasteiger partial charge in [0.2, 0.25) is 0 Å². The molecule has 4 nitrogen and oxygen atoms in total. The van der Waals surface area contributed by atoms with E-state index in [-0.39, 0.29) is 11.0 Å². The van der Waals surface area contributed by atoms with Gasteiger partial charge < -0.3 is 5.73 Å². The average Bonchev–Trinajstić information content (AvgIpc) is 2.19. The lowest BCUT2D eigenvalue weighted by atomic mass is 9.89. The summed E-state index contributed by atoms with van der Waals surface area (Å²) >= 11 is 4.98. The summed E-state index contributed by atoms with van der Waals surface area (Å²) in [6.45, 7) is 6.33. The van der Waals surface area contributed by atoms with Crippen LogP contribution in [0.2, 0.25) is 0 Å². The van der Waals surface area contributed by atoms with Crippen molar-refractivity contribution in [3.05, 3.63) is 28.2 Å². The molecule has 0 atom stereocenters. The SMILES string of the molecule is Cc1ccc(=O)n(CCC(C)(C)C(N)=S)n1. The van der Waals surface area contributed by atoms with E-state index in [0.717, 1.165) is 5.69 Å². The van der Waals surface area contributed by atoms with Crippen molar-refractivity contribution in [2.45, 2.75) is 33.7 Å². The zero-order valence-electron chi connectivity index (χ0n) is 9.86. The van der Waals surface area contributed by atoms with Gasteiger partial charge in [0.05, 0.1) is 10.7 Å². The van der Waals surface area contributed by atoms with E-state index in [2.05, 4.69) is 5.10 Å². The van der Waals surface area contributed by atoms with Gasteiger partial charge in [0, 0.05) is 18.0 Å². The molecule has 0 unspecified atom stereocenters. The molecule has 0 saturated carbocycles. The Morgan fingerprint density at radius 2 is 2.19 bits per heavy atom. The summed E-state index contributed by atoms with van der Waals surface area (Å²) in [7, 11) is 0. The van der Waals surface area contributed by atoms with E-state index >= 15 is 0 Å². The van der Waals surface area contributed by atoms with Gasteiger partial charge in [-0.15, -0.1) is 0 Å². The molecule has 5 heteroatoms. The van der Waals surface area contributed by atoms with E-state index in [4.69, 9.17) is 18.0 Å². The van der Waals surface area contributed by atoms with Crippen molar-refractivity contribution in [3.63, 3.8) is 0 Å². The van der Waals surface area contributed by atoms with Crippen molar-refractivity contribution >= 4 is 17.2 Å². The molecule has 0 aromatic carbocycles. The highest BCUT2D eigenvalue weighted by Gasteiger charge is 2.21. The lowest BCUT2D eigenvalue weighted by molar-refractivity contribution is 0.407. The predicted octanol–water partition coefficient (Wildman–Crippen LogP) is 1.25. The molecule has 0 aliphatic heterocycles. The third kappa shape index (κ3) is 3.13. The Bertz CT molecular complexity index is 451. The van der Waals surface area contributed by atoms with Gasteiger partial charge in [-0.25, -0.2) is 4.68 Å². The number of hydrogen-bond donors (Lipinski definition) is 1. The Balaban J connectivity index is 2.79. The molecule has 1 rings (SSSR count). The van der Waals surface area contributed by atoms with E-state index in [1.807, 2.05) is 20.8 Å². The number of nitrogens with two attached hydrogens (primary N) is 1. The zero-order chi connectivity index (χ0) is 12.3. The van der Waals surface area contributed by atoms with Gasteiger partial charge in [0.25, 0.3) is 5.56 Å². The van der Waals surface area contributed by atoms with Crippen LogP contribution in [0.5, 0.6) is 0 Å². The van der Waals surface area contributed by atoms with Crippen LogP contribution in [0.1, 0.15) is 26.0 Å². The molecule has 2 N–H and O–H groups in total. The molecule has 0 fully saturated rings. The van der Waals surface area contributed by atoms with E-state index in [9.17, 15) is 4.79 Å². The molecular weight excluding hydrogens is 222 g/mol. The van der Waals surface area contributed by atoms with Gasteiger partial charge in [0.1, 0.15) is 0 Å². The number of thiocarbonyl (C=S) groups is 1. The fourth-order valence-corrected chi connectivity index (χ4v) is 1.32. The molecule has 1 aromatic heterocycles. The minimum atomic E-state index is -0.250. The van der Waals surface area contributed by atoms with Gasteiger partial charge in [-0.05, 0) is 19.4 Å². The van der Waals surface area contributed by atoms with Crippen LogP contribution >= 0.6 is 12.2 Å². The molecule has 16 heavy (non-hydrogen) atoms.